The Morgan fingerprint density at radius 3 is 2.42 bits per heavy atom. The van der Waals surface area contributed by atoms with Crippen molar-refractivity contribution >= 4 is 31.9 Å². The van der Waals surface area contributed by atoms with E-state index in [2.05, 4.69) is 20.7 Å². The number of esters is 1. The van der Waals surface area contributed by atoms with Gasteiger partial charge in [-0.05, 0) is 36.8 Å². The molecule has 0 fully saturated rings. The lowest BCUT2D eigenvalue weighted by molar-refractivity contribution is -0.140. The molecule has 24 heavy (non-hydrogen) atoms. The van der Waals surface area contributed by atoms with Gasteiger partial charge in [-0.15, -0.1) is 0 Å². The molecule has 0 saturated carbocycles. The van der Waals surface area contributed by atoms with Crippen molar-refractivity contribution in [2.75, 3.05) is 13.7 Å². The fourth-order valence-electron chi connectivity index (χ4n) is 2.13. The predicted molar refractivity (Wildman–Crippen MR) is 94.9 cm³/mol. The van der Waals surface area contributed by atoms with Crippen LogP contribution in [0.5, 0.6) is 0 Å². The van der Waals surface area contributed by atoms with Gasteiger partial charge in [-0.2, -0.15) is 4.31 Å². The molecule has 5 nitrogen and oxygen atoms in total. The molecular formula is C17H18BrNO4S. The highest BCUT2D eigenvalue weighted by Crippen LogP contribution is 2.20. The molecule has 0 aliphatic carbocycles. The Labute approximate surface area is 150 Å². The molecule has 7 heteroatoms. The summed E-state index contributed by atoms with van der Waals surface area (Å²) < 4.78 is 32.4. The van der Waals surface area contributed by atoms with Gasteiger partial charge in [-0.3, -0.25) is 4.79 Å². The minimum Gasteiger partial charge on any atom is -0.468 e. The van der Waals surface area contributed by atoms with Crippen LogP contribution < -0.4 is 0 Å². The number of methoxy groups -OCH3 is 1. The number of carbonyl (C=O) groups is 1. The van der Waals surface area contributed by atoms with E-state index in [0.29, 0.717) is 0 Å². The fourth-order valence-corrected chi connectivity index (χ4v) is 3.95. The van der Waals surface area contributed by atoms with Crippen LogP contribution in [0, 0.1) is 6.92 Å². The Bertz CT molecular complexity index is 819. The van der Waals surface area contributed by atoms with Gasteiger partial charge in [-0.1, -0.05) is 45.8 Å². The smallest absolute Gasteiger partial charge is 0.321 e. The molecule has 0 aliphatic heterocycles. The molecule has 0 amide bonds. The van der Waals surface area contributed by atoms with Crippen molar-refractivity contribution in [2.45, 2.75) is 18.4 Å². The summed E-state index contributed by atoms with van der Waals surface area (Å²) in [5.41, 5.74) is 1.73. The van der Waals surface area contributed by atoms with Gasteiger partial charge in [0.05, 0.1) is 12.0 Å². The summed E-state index contributed by atoms with van der Waals surface area (Å²) in [6, 6.07) is 13.8. The molecule has 0 spiro atoms. The third kappa shape index (κ3) is 4.66. The Morgan fingerprint density at radius 1 is 1.17 bits per heavy atom. The first-order chi connectivity index (χ1) is 11.3. The summed E-state index contributed by atoms with van der Waals surface area (Å²) in [6.07, 6.45) is 0. The van der Waals surface area contributed by atoms with Crippen LogP contribution in [-0.2, 0) is 26.1 Å². The standard InChI is InChI=1S/C17H18BrNO4S/c1-13-6-8-16(9-7-13)24(21,22)19(12-17(20)23-2)11-14-4-3-5-15(18)10-14/h3-10H,11-12H2,1-2H3. The van der Waals surface area contributed by atoms with Crippen molar-refractivity contribution in [3.05, 3.63) is 64.1 Å². The van der Waals surface area contributed by atoms with Crippen molar-refractivity contribution < 1.29 is 17.9 Å². The van der Waals surface area contributed by atoms with Crippen LogP contribution in [0.2, 0.25) is 0 Å². The second-order valence-corrected chi connectivity index (χ2v) is 8.15. The van der Waals surface area contributed by atoms with Crippen LogP contribution in [0.15, 0.2) is 57.9 Å². The number of nitrogens with zero attached hydrogens (tertiary/aromatic N) is 1. The van der Waals surface area contributed by atoms with Crippen LogP contribution in [0.4, 0.5) is 0 Å². The lowest BCUT2D eigenvalue weighted by Crippen LogP contribution is -2.35. The zero-order valence-electron chi connectivity index (χ0n) is 13.4. The number of aryl methyl sites for hydroxylation is 1. The maximum atomic E-state index is 12.9. The van der Waals surface area contributed by atoms with Gasteiger partial charge < -0.3 is 4.74 Å². The Balaban J connectivity index is 2.37. The number of benzene rings is 2. The molecular weight excluding hydrogens is 394 g/mol. The van der Waals surface area contributed by atoms with Crippen LogP contribution in [0.1, 0.15) is 11.1 Å². The normalized spacial score (nSPS) is 11.5. The van der Waals surface area contributed by atoms with Crippen molar-refractivity contribution in [3.63, 3.8) is 0 Å². The summed E-state index contributed by atoms with van der Waals surface area (Å²) in [6.45, 7) is 1.61. The van der Waals surface area contributed by atoms with Gasteiger partial charge in [0.2, 0.25) is 10.0 Å². The van der Waals surface area contributed by atoms with Crippen LogP contribution >= 0.6 is 15.9 Å². The highest BCUT2D eigenvalue weighted by Gasteiger charge is 2.27. The number of carbonyl (C=O) groups excluding carboxylic acids is 1. The van der Waals surface area contributed by atoms with E-state index in [4.69, 9.17) is 0 Å². The molecule has 0 saturated heterocycles. The number of hydrogen-bond acceptors (Lipinski definition) is 4. The Hall–Kier alpha value is -1.70. The van der Waals surface area contributed by atoms with Gasteiger partial charge >= 0.3 is 5.97 Å². The van der Waals surface area contributed by atoms with E-state index < -0.39 is 16.0 Å². The quantitative estimate of drug-likeness (QED) is 0.684. The van der Waals surface area contributed by atoms with E-state index in [-0.39, 0.29) is 18.0 Å². The largest absolute Gasteiger partial charge is 0.468 e. The van der Waals surface area contributed by atoms with Gasteiger partial charge in [0.1, 0.15) is 6.54 Å². The van der Waals surface area contributed by atoms with E-state index in [9.17, 15) is 13.2 Å². The average molecular weight is 412 g/mol. The highest BCUT2D eigenvalue weighted by atomic mass is 79.9. The lowest BCUT2D eigenvalue weighted by Gasteiger charge is -2.21. The number of sulfonamides is 1. The number of hydrogen-bond donors (Lipinski definition) is 0. The van der Waals surface area contributed by atoms with Crippen molar-refractivity contribution in [1.82, 2.24) is 4.31 Å². The molecule has 128 valence electrons. The van der Waals surface area contributed by atoms with E-state index in [1.165, 1.54) is 19.2 Å². The fraction of sp³-hybridized carbons (Fsp3) is 0.235. The molecule has 0 radical (unpaired) electrons. The first kappa shape index (κ1) is 18.6. The van der Waals surface area contributed by atoms with Crippen molar-refractivity contribution in [1.29, 1.82) is 0 Å². The van der Waals surface area contributed by atoms with Gasteiger partial charge in [0, 0.05) is 11.0 Å². The third-order valence-electron chi connectivity index (χ3n) is 3.44. The van der Waals surface area contributed by atoms with Crippen LogP contribution in [-0.4, -0.2) is 32.3 Å². The minimum atomic E-state index is -3.82. The van der Waals surface area contributed by atoms with E-state index in [1.807, 2.05) is 25.1 Å². The molecule has 0 aliphatic rings. The van der Waals surface area contributed by atoms with Crippen molar-refractivity contribution in [3.8, 4) is 0 Å². The van der Waals surface area contributed by atoms with Gasteiger partial charge in [0.25, 0.3) is 0 Å². The zero-order chi connectivity index (χ0) is 17.7. The molecule has 2 rings (SSSR count). The highest BCUT2D eigenvalue weighted by molar-refractivity contribution is 9.10. The number of ether oxygens (including phenoxy) is 1. The summed E-state index contributed by atoms with van der Waals surface area (Å²) in [5.74, 6) is -0.610. The summed E-state index contributed by atoms with van der Waals surface area (Å²) >= 11 is 3.36. The monoisotopic (exact) mass is 411 g/mol. The molecule has 0 aromatic heterocycles. The summed E-state index contributed by atoms with van der Waals surface area (Å²) in [7, 11) is -2.58. The van der Waals surface area contributed by atoms with E-state index in [1.54, 1.807) is 18.2 Å². The third-order valence-corrected chi connectivity index (χ3v) is 5.74. The second-order valence-electron chi connectivity index (χ2n) is 5.29. The number of rotatable bonds is 6. The molecule has 0 atom stereocenters. The van der Waals surface area contributed by atoms with Gasteiger partial charge in [0.15, 0.2) is 0 Å². The van der Waals surface area contributed by atoms with Crippen LogP contribution in [0.25, 0.3) is 0 Å². The maximum Gasteiger partial charge on any atom is 0.321 e. The average Bonchev–Trinajstić information content (AvgIpc) is 2.54. The lowest BCUT2D eigenvalue weighted by atomic mass is 10.2. The van der Waals surface area contributed by atoms with E-state index >= 15 is 0 Å². The first-order valence-electron chi connectivity index (χ1n) is 7.21. The van der Waals surface area contributed by atoms with Gasteiger partial charge in [-0.25, -0.2) is 8.42 Å². The molecule has 2 aromatic carbocycles. The SMILES string of the molecule is COC(=O)CN(Cc1cccc(Br)c1)S(=O)(=O)c1ccc(C)cc1. The number of halogens is 1. The Morgan fingerprint density at radius 2 is 1.83 bits per heavy atom. The predicted octanol–water partition coefficient (Wildman–Crippen LogP) is 3.12. The second kappa shape index (κ2) is 7.92. The molecule has 2 aromatic rings. The van der Waals surface area contributed by atoms with Crippen LogP contribution in [0.3, 0.4) is 0 Å². The summed E-state index contributed by atoms with van der Waals surface area (Å²) in [4.78, 5) is 11.8. The summed E-state index contributed by atoms with van der Waals surface area (Å²) in [5, 5.41) is 0. The topological polar surface area (TPSA) is 63.7 Å². The van der Waals surface area contributed by atoms with E-state index in [0.717, 1.165) is 19.9 Å². The maximum absolute atomic E-state index is 12.9. The molecule has 0 bridgehead atoms. The Kier molecular flexibility index (Phi) is 6.15. The molecule has 0 N–H and O–H groups in total. The zero-order valence-corrected chi connectivity index (χ0v) is 15.8. The molecule has 0 unspecified atom stereocenters. The van der Waals surface area contributed by atoms with Crippen molar-refractivity contribution in [2.24, 2.45) is 0 Å². The molecule has 0 heterocycles. The first-order valence-corrected chi connectivity index (χ1v) is 9.44. The minimum absolute atomic E-state index is 0.0742.